The van der Waals surface area contributed by atoms with Crippen LogP contribution in [0.25, 0.3) is 5.69 Å². The smallest absolute Gasteiger partial charge is 0.374 e. The molecule has 3 rings (SSSR count). The molecule has 0 aliphatic carbocycles. The fourth-order valence-electron chi connectivity index (χ4n) is 2.00. The predicted molar refractivity (Wildman–Crippen MR) is 74.8 cm³/mol. The minimum atomic E-state index is -0.608. The fourth-order valence-corrected chi connectivity index (χ4v) is 2.00. The standard InChI is InChI=1S/C14H12N4O4/c1-21-13(19)12-10(7-8-22-12)9-17-14(20)18(16-15-17)11-5-3-2-4-6-11/h2-8H,9H2,1H3. The van der Waals surface area contributed by atoms with Crippen molar-refractivity contribution < 1.29 is 13.9 Å². The van der Waals surface area contributed by atoms with Crippen molar-refractivity contribution in [1.29, 1.82) is 0 Å². The van der Waals surface area contributed by atoms with Gasteiger partial charge >= 0.3 is 11.7 Å². The molecule has 2 heterocycles. The quantitative estimate of drug-likeness (QED) is 0.663. The molecule has 0 unspecified atom stereocenters. The Morgan fingerprint density at radius 3 is 2.73 bits per heavy atom. The molecule has 0 amide bonds. The van der Waals surface area contributed by atoms with E-state index in [2.05, 4.69) is 15.2 Å². The van der Waals surface area contributed by atoms with Gasteiger partial charge in [-0.25, -0.2) is 9.59 Å². The summed E-state index contributed by atoms with van der Waals surface area (Å²) in [5.74, 6) is -0.563. The van der Waals surface area contributed by atoms with Gasteiger partial charge in [0.1, 0.15) is 0 Å². The van der Waals surface area contributed by atoms with Crippen LogP contribution in [0.15, 0.2) is 51.9 Å². The van der Waals surface area contributed by atoms with Gasteiger partial charge in [0.2, 0.25) is 5.76 Å². The summed E-state index contributed by atoms with van der Waals surface area (Å²) >= 11 is 0. The summed E-state index contributed by atoms with van der Waals surface area (Å²) in [7, 11) is 1.26. The van der Waals surface area contributed by atoms with Gasteiger partial charge in [-0.3, -0.25) is 0 Å². The third kappa shape index (κ3) is 2.41. The number of aromatic nitrogens is 4. The molecule has 2 aromatic heterocycles. The highest BCUT2D eigenvalue weighted by molar-refractivity contribution is 5.87. The number of benzene rings is 1. The van der Waals surface area contributed by atoms with E-state index in [-0.39, 0.29) is 12.3 Å². The summed E-state index contributed by atoms with van der Waals surface area (Å²) in [6, 6.07) is 10.5. The van der Waals surface area contributed by atoms with Crippen LogP contribution in [0.1, 0.15) is 16.1 Å². The lowest BCUT2D eigenvalue weighted by molar-refractivity contribution is 0.0563. The zero-order chi connectivity index (χ0) is 15.5. The van der Waals surface area contributed by atoms with Crippen molar-refractivity contribution in [3.05, 3.63) is 64.5 Å². The maximum absolute atomic E-state index is 12.3. The molecule has 0 fully saturated rings. The SMILES string of the molecule is COC(=O)c1occc1Cn1nnn(-c2ccccc2)c1=O. The van der Waals surface area contributed by atoms with E-state index in [9.17, 15) is 9.59 Å². The van der Waals surface area contributed by atoms with E-state index >= 15 is 0 Å². The second-order valence-corrected chi connectivity index (χ2v) is 4.43. The number of furan rings is 1. The first-order valence-electron chi connectivity index (χ1n) is 6.43. The Morgan fingerprint density at radius 2 is 2.00 bits per heavy atom. The van der Waals surface area contributed by atoms with Gasteiger partial charge in [0.25, 0.3) is 0 Å². The molecule has 0 saturated heterocycles. The minimum absolute atomic E-state index is 0.0451. The normalized spacial score (nSPS) is 10.6. The zero-order valence-electron chi connectivity index (χ0n) is 11.7. The molecule has 1 aromatic carbocycles. The van der Waals surface area contributed by atoms with Crippen LogP contribution in [0, 0.1) is 0 Å². The molecule has 0 N–H and O–H groups in total. The summed E-state index contributed by atoms with van der Waals surface area (Å²) in [4.78, 5) is 23.9. The van der Waals surface area contributed by atoms with Crippen LogP contribution in [0.3, 0.4) is 0 Å². The predicted octanol–water partition coefficient (Wildman–Crippen LogP) is 0.857. The van der Waals surface area contributed by atoms with E-state index in [1.165, 1.54) is 18.1 Å². The van der Waals surface area contributed by atoms with Gasteiger partial charge < -0.3 is 9.15 Å². The topological polar surface area (TPSA) is 92.2 Å². The molecule has 0 aliphatic rings. The number of rotatable bonds is 4. The minimum Gasteiger partial charge on any atom is -0.463 e. The van der Waals surface area contributed by atoms with Crippen LogP contribution < -0.4 is 5.69 Å². The Bertz CT molecular complexity index is 847. The fraction of sp³-hybridized carbons (Fsp3) is 0.143. The number of carbonyl (C=O) groups is 1. The van der Waals surface area contributed by atoms with Gasteiger partial charge in [0.05, 0.1) is 25.6 Å². The molecular formula is C14H12N4O4. The van der Waals surface area contributed by atoms with Gasteiger partial charge in [-0.05, 0) is 28.6 Å². The molecule has 112 valence electrons. The van der Waals surface area contributed by atoms with Crippen LogP contribution >= 0.6 is 0 Å². The Hall–Kier alpha value is -3.16. The number of ether oxygens (including phenoxy) is 1. The summed E-state index contributed by atoms with van der Waals surface area (Å²) < 4.78 is 12.0. The van der Waals surface area contributed by atoms with Crippen LogP contribution in [-0.2, 0) is 11.3 Å². The maximum Gasteiger partial charge on any atom is 0.374 e. The van der Waals surface area contributed by atoms with Gasteiger partial charge in [0.15, 0.2) is 0 Å². The highest BCUT2D eigenvalue weighted by Crippen LogP contribution is 2.12. The zero-order valence-corrected chi connectivity index (χ0v) is 11.7. The van der Waals surface area contributed by atoms with E-state index in [0.717, 1.165) is 4.68 Å². The first-order chi connectivity index (χ1) is 10.7. The second kappa shape index (κ2) is 5.68. The first-order valence-corrected chi connectivity index (χ1v) is 6.43. The van der Waals surface area contributed by atoms with Crippen LogP contribution in [0.5, 0.6) is 0 Å². The lowest BCUT2D eigenvalue weighted by Gasteiger charge is -2.00. The van der Waals surface area contributed by atoms with Crippen LogP contribution in [0.2, 0.25) is 0 Å². The van der Waals surface area contributed by atoms with E-state index < -0.39 is 11.7 Å². The van der Waals surface area contributed by atoms with Crippen molar-refractivity contribution in [2.45, 2.75) is 6.54 Å². The number of hydrogen-bond acceptors (Lipinski definition) is 6. The summed E-state index contributed by atoms with van der Waals surface area (Å²) in [6.45, 7) is 0.0621. The van der Waals surface area contributed by atoms with Gasteiger partial charge in [0, 0.05) is 5.56 Å². The Labute approximate surface area is 124 Å². The third-order valence-electron chi connectivity index (χ3n) is 3.08. The van der Waals surface area contributed by atoms with E-state index in [1.807, 2.05) is 6.07 Å². The molecule has 8 heteroatoms. The number of tetrazole rings is 1. The highest BCUT2D eigenvalue weighted by Gasteiger charge is 2.18. The highest BCUT2D eigenvalue weighted by atomic mass is 16.5. The first kappa shape index (κ1) is 13.8. The molecule has 0 spiro atoms. The summed E-state index contributed by atoms with van der Waals surface area (Å²) in [5, 5.41) is 7.65. The van der Waals surface area contributed by atoms with Crippen molar-refractivity contribution in [2.24, 2.45) is 0 Å². The number of methoxy groups -OCH3 is 1. The van der Waals surface area contributed by atoms with E-state index in [4.69, 9.17) is 4.42 Å². The van der Waals surface area contributed by atoms with Gasteiger partial charge in [-0.15, -0.1) is 0 Å². The van der Waals surface area contributed by atoms with Gasteiger partial charge in [-0.2, -0.15) is 9.36 Å². The Morgan fingerprint density at radius 1 is 1.23 bits per heavy atom. The molecular weight excluding hydrogens is 288 g/mol. The van der Waals surface area contributed by atoms with Crippen molar-refractivity contribution >= 4 is 5.97 Å². The van der Waals surface area contributed by atoms with Crippen molar-refractivity contribution in [3.8, 4) is 5.69 Å². The molecule has 8 nitrogen and oxygen atoms in total. The van der Waals surface area contributed by atoms with Crippen molar-refractivity contribution in [1.82, 2.24) is 19.8 Å². The Balaban J connectivity index is 1.92. The van der Waals surface area contributed by atoms with E-state index in [1.54, 1.807) is 30.3 Å². The molecule has 3 aromatic rings. The lowest BCUT2D eigenvalue weighted by atomic mass is 10.2. The number of para-hydroxylation sites is 1. The van der Waals surface area contributed by atoms with Crippen molar-refractivity contribution in [3.63, 3.8) is 0 Å². The summed E-state index contributed by atoms with van der Waals surface area (Å²) in [5.41, 5.74) is 0.691. The van der Waals surface area contributed by atoms with Gasteiger partial charge in [-0.1, -0.05) is 18.2 Å². The molecule has 0 radical (unpaired) electrons. The third-order valence-corrected chi connectivity index (χ3v) is 3.08. The largest absolute Gasteiger partial charge is 0.463 e. The number of nitrogens with zero attached hydrogens (tertiary/aromatic N) is 4. The number of hydrogen-bond donors (Lipinski definition) is 0. The summed E-state index contributed by atoms with van der Waals surface area (Å²) in [6.07, 6.45) is 1.36. The molecule has 22 heavy (non-hydrogen) atoms. The van der Waals surface area contributed by atoms with Crippen molar-refractivity contribution in [2.75, 3.05) is 7.11 Å². The molecule has 0 bridgehead atoms. The number of carbonyl (C=O) groups excluding carboxylic acids is 1. The number of esters is 1. The lowest BCUT2D eigenvalue weighted by Crippen LogP contribution is -2.25. The van der Waals surface area contributed by atoms with E-state index in [0.29, 0.717) is 11.3 Å². The van der Waals surface area contributed by atoms with Crippen LogP contribution in [-0.4, -0.2) is 32.9 Å². The molecule has 0 aliphatic heterocycles. The monoisotopic (exact) mass is 300 g/mol. The molecule has 0 saturated carbocycles. The Kier molecular flexibility index (Phi) is 3.57. The molecule has 0 atom stereocenters. The van der Waals surface area contributed by atoms with Crippen LogP contribution in [0.4, 0.5) is 0 Å². The average Bonchev–Trinajstić information content (AvgIpc) is 3.15. The second-order valence-electron chi connectivity index (χ2n) is 4.43. The average molecular weight is 300 g/mol. The maximum atomic E-state index is 12.3.